The van der Waals surface area contributed by atoms with Gasteiger partial charge in [-0.15, -0.1) is 0 Å². The fraction of sp³-hybridized carbons (Fsp3) is 0.333. The lowest BCUT2D eigenvalue weighted by Gasteiger charge is -2.13. The fourth-order valence-electron chi connectivity index (χ4n) is 1.96. The van der Waals surface area contributed by atoms with Crippen molar-refractivity contribution in [3.63, 3.8) is 0 Å². The predicted molar refractivity (Wildman–Crippen MR) is 56.5 cm³/mol. The van der Waals surface area contributed by atoms with Gasteiger partial charge in [0.15, 0.2) is 0 Å². The number of fused-ring (bicyclic) bond motifs is 1. The highest BCUT2D eigenvalue weighted by molar-refractivity contribution is 5.87. The molecule has 0 aliphatic carbocycles. The summed E-state index contributed by atoms with van der Waals surface area (Å²) < 4.78 is 1.73. The molecule has 2 aromatic rings. The van der Waals surface area contributed by atoms with Crippen LogP contribution in [-0.4, -0.2) is 4.57 Å². The molecule has 0 aliphatic heterocycles. The minimum atomic E-state index is 0.140. The van der Waals surface area contributed by atoms with Crippen LogP contribution in [0.2, 0.25) is 0 Å². The lowest BCUT2D eigenvalue weighted by Crippen LogP contribution is -2.01. The molecule has 2 heteroatoms. The molecule has 1 heterocycles. The second-order valence-electron chi connectivity index (χ2n) is 3.95. The Labute approximate surface area is 83.8 Å². The molecule has 0 spiro atoms. The number of rotatable bonds is 1. The lowest BCUT2D eigenvalue weighted by atomic mass is 10.0. The number of nitrogens with zero attached hydrogens (tertiary/aromatic N) is 1. The van der Waals surface area contributed by atoms with E-state index in [-0.39, 0.29) is 11.8 Å². The van der Waals surface area contributed by atoms with Gasteiger partial charge in [-0.05, 0) is 23.4 Å². The van der Waals surface area contributed by atoms with Crippen LogP contribution in [-0.2, 0) is 7.05 Å². The van der Waals surface area contributed by atoms with Crippen LogP contribution in [0.1, 0.15) is 25.3 Å². The summed E-state index contributed by atoms with van der Waals surface area (Å²) in [6.45, 7) is 4.12. The fourth-order valence-corrected chi connectivity index (χ4v) is 1.96. The van der Waals surface area contributed by atoms with Crippen molar-refractivity contribution in [3.8, 4) is 5.88 Å². The van der Waals surface area contributed by atoms with Crippen LogP contribution in [0, 0.1) is 0 Å². The lowest BCUT2D eigenvalue weighted by molar-refractivity contribution is -0.279. The summed E-state index contributed by atoms with van der Waals surface area (Å²) in [6.07, 6.45) is 0. The Hall–Kier alpha value is -1.44. The van der Waals surface area contributed by atoms with Crippen molar-refractivity contribution < 1.29 is 5.11 Å². The van der Waals surface area contributed by atoms with Gasteiger partial charge in [0.05, 0.1) is 0 Å². The first-order valence-corrected chi connectivity index (χ1v) is 4.87. The van der Waals surface area contributed by atoms with Crippen molar-refractivity contribution in [2.45, 2.75) is 19.8 Å². The molecule has 1 aromatic heterocycles. The first-order chi connectivity index (χ1) is 6.63. The predicted octanol–water partition coefficient (Wildman–Crippen LogP) is 2.38. The van der Waals surface area contributed by atoms with Gasteiger partial charge in [-0.25, -0.2) is 0 Å². The van der Waals surface area contributed by atoms with Gasteiger partial charge in [-0.1, -0.05) is 32.0 Å². The highest BCUT2D eigenvalue weighted by Gasteiger charge is 2.10. The van der Waals surface area contributed by atoms with E-state index in [2.05, 4.69) is 13.8 Å². The van der Waals surface area contributed by atoms with Gasteiger partial charge in [-0.3, -0.25) is 0 Å². The molecule has 1 aromatic carbocycles. The van der Waals surface area contributed by atoms with E-state index in [1.807, 2.05) is 31.3 Å². The molecule has 0 amide bonds. The summed E-state index contributed by atoms with van der Waals surface area (Å²) in [5.74, 6) is 0.426. The monoisotopic (exact) mass is 188 g/mol. The molecule has 0 unspecified atom stereocenters. The van der Waals surface area contributed by atoms with Crippen LogP contribution in [0.4, 0.5) is 0 Å². The molecular weight excluding hydrogens is 174 g/mol. The van der Waals surface area contributed by atoms with Crippen LogP contribution >= 0.6 is 0 Å². The molecule has 74 valence electrons. The van der Waals surface area contributed by atoms with E-state index in [1.54, 1.807) is 4.57 Å². The van der Waals surface area contributed by atoms with Gasteiger partial charge >= 0.3 is 0 Å². The SMILES string of the molecule is CC(C)c1c([O-])n(C)c2ccccc12. The minimum Gasteiger partial charge on any atom is -0.860 e. The van der Waals surface area contributed by atoms with Crippen LogP contribution in [0.15, 0.2) is 24.3 Å². The zero-order valence-electron chi connectivity index (χ0n) is 8.74. The van der Waals surface area contributed by atoms with E-state index < -0.39 is 0 Å². The summed E-state index contributed by atoms with van der Waals surface area (Å²) >= 11 is 0. The molecule has 2 nitrogen and oxygen atoms in total. The van der Waals surface area contributed by atoms with Gasteiger partial charge < -0.3 is 9.67 Å². The Kier molecular flexibility index (Phi) is 1.99. The molecule has 0 aliphatic rings. The third-order valence-corrected chi connectivity index (χ3v) is 2.67. The van der Waals surface area contributed by atoms with E-state index in [0.29, 0.717) is 0 Å². The third kappa shape index (κ3) is 1.10. The third-order valence-electron chi connectivity index (χ3n) is 2.67. The molecule has 0 saturated heterocycles. The Morgan fingerprint density at radius 3 is 2.50 bits per heavy atom. The van der Waals surface area contributed by atoms with Crippen molar-refractivity contribution >= 4 is 10.9 Å². The second-order valence-corrected chi connectivity index (χ2v) is 3.95. The number of aromatic nitrogens is 1. The molecule has 0 radical (unpaired) electrons. The van der Waals surface area contributed by atoms with Crippen LogP contribution in [0.25, 0.3) is 10.9 Å². The number of para-hydroxylation sites is 1. The standard InChI is InChI=1S/C12H15NO/c1-8(2)11-9-6-4-5-7-10(9)13(3)12(11)14/h4-8,14H,1-3H3/p-1. The van der Waals surface area contributed by atoms with Crippen molar-refractivity contribution in [2.24, 2.45) is 7.05 Å². The molecule has 0 saturated carbocycles. The van der Waals surface area contributed by atoms with Gasteiger partial charge in [0.1, 0.15) is 0 Å². The van der Waals surface area contributed by atoms with E-state index in [9.17, 15) is 5.11 Å². The van der Waals surface area contributed by atoms with Gasteiger partial charge in [0.2, 0.25) is 0 Å². The van der Waals surface area contributed by atoms with E-state index >= 15 is 0 Å². The minimum absolute atomic E-state index is 0.140. The average Bonchev–Trinajstić information content (AvgIpc) is 2.41. The second kappa shape index (κ2) is 3.05. The number of benzene rings is 1. The van der Waals surface area contributed by atoms with Gasteiger partial charge in [0.25, 0.3) is 0 Å². The zero-order valence-corrected chi connectivity index (χ0v) is 8.74. The molecule has 14 heavy (non-hydrogen) atoms. The summed E-state index contributed by atoms with van der Waals surface area (Å²) in [5.41, 5.74) is 1.96. The average molecular weight is 188 g/mol. The topological polar surface area (TPSA) is 28.0 Å². The maximum atomic E-state index is 11.9. The van der Waals surface area contributed by atoms with Gasteiger partial charge in [0, 0.05) is 18.0 Å². The Morgan fingerprint density at radius 2 is 1.86 bits per heavy atom. The van der Waals surface area contributed by atoms with Crippen molar-refractivity contribution in [3.05, 3.63) is 29.8 Å². The van der Waals surface area contributed by atoms with Crippen LogP contribution in [0.3, 0.4) is 0 Å². The molecular formula is C12H14NO-. The largest absolute Gasteiger partial charge is 0.860 e. The Balaban J connectivity index is 2.88. The summed E-state index contributed by atoms with van der Waals surface area (Å²) in [4.78, 5) is 0. The summed E-state index contributed by atoms with van der Waals surface area (Å²) in [6, 6.07) is 7.95. The molecule has 0 N–H and O–H groups in total. The van der Waals surface area contributed by atoms with Crippen molar-refractivity contribution in [2.75, 3.05) is 0 Å². The van der Waals surface area contributed by atoms with E-state index in [0.717, 1.165) is 16.5 Å². The molecule has 2 rings (SSSR count). The highest BCUT2D eigenvalue weighted by atomic mass is 16.3. The van der Waals surface area contributed by atoms with Crippen LogP contribution in [0.5, 0.6) is 5.88 Å². The van der Waals surface area contributed by atoms with Crippen molar-refractivity contribution in [1.82, 2.24) is 4.57 Å². The summed E-state index contributed by atoms with van der Waals surface area (Å²) in [7, 11) is 1.83. The maximum Gasteiger partial charge on any atom is 0.0475 e. The molecule has 0 bridgehead atoms. The summed E-state index contributed by atoms with van der Waals surface area (Å²) in [5, 5.41) is 13.0. The normalized spacial score (nSPS) is 11.4. The first-order valence-electron chi connectivity index (χ1n) is 4.87. The Morgan fingerprint density at radius 1 is 1.21 bits per heavy atom. The van der Waals surface area contributed by atoms with Gasteiger partial charge in [-0.2, -0.15) is 0 Å². The quantitative estimate of drug-likeness (QED) is 0.675. The van der Waals surface area contributed by atoms with Crippen molar-refractivity contribution in [1.29, 1.82) is 0 Å². The smallest absolute Gasteiger partial charge is 0.0475 e. The van der Waals surface area contributed by atoms with E-state index in [1.165, 1.54) is 0 Å². The number of hydrogen-bond donors (Lipinski definition) is 0. The highest BCUT2D eigenvalue weighted by Crippen LogP contribution is 2.33. The van der Waals surface area contributed by atoms with Crippen LogP contribution < -0.4 is 5.11 Å². The molecule has 0 atom stereocenters. The number of aryl methyl sites for hydroxylation is 1. The van der Waals surface area contributed by atoms with E-state index in [4.69, 9.17) is 0 Å². The number of hydrogen-bond acceptors (Lipinski definition) is 1. The zero-order chi connectivity index (χ0) is 10.3. The Bertz CT molecular complexity index is 468. The first kappa shape index (κ1) is 9.13. The maximum absolute atomic E-state index is 11.9. The molecule has 0 fully saturated rings.